The largest absolute Gasteiger partial charge is 0.353 e. The van der Waals surface area contributed by atoms with Gasteiger partial charge >= 0.3 is 0 Å². The average molecular weight is 395 g/mol. The number of amides is 2. The highest BCUT2D eigenvalue weighted by Crippen LogP contribution is 2.38. The van der Waals surface area contributed by atoms with Gasteiger partial charge in [-0.25, -0.2) is 0 Å². The van der Waals surface area contributed by atoms with Gasteiger partial charge in [0.15, 0.2) is 0 Å². The van der Waals surface area contributed by atoms with Gasteiger partial charge in [-0.3, -0.25) is 9.59 Å². The minimum absolute atomic E-state index is 0.0177. The topological polar surface area (TPSA) is 87.5 Å². The van der Waals surface area contributed by atoms with Crippen LogP contribution in [-0.2, 0) is 9.59 Å². The molecule has 0 aromatic carbocycles. The molecule has 4 N–H and O–H groups in total. The molecule has 0 aromatic heterocycles. The van der Waals surface area contributed by atoms with Crippen molar-refractivity contribution >= 4 is 11.8 Å². The second-order valence-corrected chi connectivity index (χ2v) is 11.6. The molecule has 6 nitrogen and oxygen atoms in total. The Morgan fingerprint density at radius 2 is 1.36 bits per heavy atom. The van der Waals surface area contributed by atoms with Gasteiger partial charge in [0.1, 0.15) is 0 Å². The molecular weight excluding hydrogens is 352 g/mol. The standard InChI is InChI=1S/C22H42N4O2/c1-19(2)13-16(14-20(3,4)25-19)24-17(27)9-10-18(28)26-21(5,6)11-15(23)12-22(26,7)8/h15-16,25H,9-14,23H2,1-8H3,(H,24,27). The van der Waals surface area contributed by atoms with Crippen molar-refractivity contribution in [2.75, 3.05) is 0 Å². The fourth-order valence-electron chi connectivity index (χ4n) is 6.09. The lowest BCUT2D eigenvalue weighted by Crippen LogP contribution is -2.65. The molecule has 0 unspecified atom stereocenters. The summed E-state index contributed by atoms with van der Waals surface area (Å²) in [6, 6.07) is 0.235. The summed E-state index contributed by atoms with van der Waals surface area (Å²) in [5, 5.41) is 6.79. The maximum absolute atomic E-state index is 13.0. The summed E-state index contributed by atoms with van der Waals surface area (Å²) in [7, 11) is 0. The van der Waals surface area contributed by atoms with Gasteiger partial charge in [0.2, 0.25) is 11.8 Å². The minimum atomic E-state index is -0.294. The van der Waals surface area contributed by atoms with Gasteiger partial charge in [-0.1, -0.05) is 0 Å². The zero-order chi connectivity index (χ0) is 21.5. The Labute approximate surface area is 171 Å². The molecule has 0 bridgehead atoms. The van der Waals surface area contributed by atoms with Gasteiger partial charge in [-0.05, 0) is 81.1 Å². The normalized spacial score (nSPS) is 26.7. The van der Waals surface area contributed by atoms with E-state index < -0.39 is 0 Å². The summed E-state index contributed by atoms with van der Waals surface area (Å²) >= 11 is 0. The van der Waals surface area contributed by atoms with E-state index in [0.717, 1.165) is 25.7 Å². The number of hydrogen-bond acceptors (Lipinski definition) is 4. The molecule has 0 atom stereocenters. The van der Waals surface area contributed by atoms with E-state index in [4.69, 9.17) is 5.73 Å². The van der Waals surface area contributed by atoms with E-state index in [0.29, 0.717) is 0 Å². The van der Waals surface area contributed by atoms with Crippen molar-refractivity contribution < 1.29 is 9.59 Å². The molecule has 2 heterocycles. The zero-order valence-electron chi connectivity index (χ0n) is 19.2. The fraction of sp³-hybridized carbons (Fsp3) is 0.909. The van der Waals surface area contributed by atoms with Crippen molar-refractivity contribution in [1.29, 1.82) is 0 Å². The van der Waals surface area contributed by atoms with Crippen LogP contribution in [0.5, 0.6) is 0 Å². The Bertz CT molecular complexity index is 576. The highest BCUT2D eigenvalue weighted by molar-refractivity contribution is 5.84. The molecule has 2 fully saturated rings. The number of carbonyl (C=O) groups excluding carboxylic acids is 2. The second-order valence-electron chi connectivity index (χ2n) is 11.6. The van der Waals surface area contributed by atoms with E-state index in [1.165, 1.54) is 0 Å². The highest BCUT2D eigenvalue weighted by atomic mass is 16.2. The Morgan fingerprint density at radius 3 is 1.82 bits per heavy atom. The highest BCUT2D eigenvalue weighted by Gasteiger charge is 2.46. The average Bonchev–Trinajstić information content (AvgIpc) is 2.37. The molecular formula is C22H42N4O2. The molecule has 0 radical (unpaired) electrons. The third-order valence-corrected chi connectivity index (χ3v) is 6.10. The number of likely N-dealkylation sites (tertiary alicyclic amines) is 1. The maximum Gasteiger partial charge on any atom is 0.223 e. The first-order valence-corrected chi connectivity index (χ1v) is 10.7. The molecule has 0 aliphatic carbocycles. The van der Waals surface area contributed by atoms with Crippen LogP contribution in [0.15, 0.2) is 0 Å². The third-order valence-electron chi connectivity index (χ3n) is 6.10. The lowest BCUT2D eigenvalue weighted by atomic mass is 9.77. The van der Waals surface area contributed by atoms with Gasteiger partial charge < -0.3 is 21.3 Å². The quantitative estimate of drug-likeness (QED) is 0.684. The summed E-state index contributed by atoms with van der Waals surface area (Å²) in [6.07, 6.45) is 3.83. The number of hydrogen-bond donors (Lipinski definition) is 3. The Hall–Kier alpha value is -1.14. The molecule has 2 rings (SSSR count). The summed E-state index contributed by atoms with van der Waals surface area (Å²) in [5.74, 6) is 0.0131. The van der Waals surface area contributed by atoms with Crippen LogP contribution in [0.2, 0.25) is 0 Å². The summed E-state index contributed by atoms with van der Waals surface area (Å²) in [6.45, 7) is 17.0. The van der Waals surface area contributed by atoms with Crippen molar-refractivity contribution in [3.63, 3.8) is 0 Å². The van der Waals surface area contributed by atoms with Crippen molar-refractivity contribution in [2.45, 2.75) is 128 Å². The molecule has 2 amide bonds. The first kappa shape index (κ1) is 23.1. The SMILES string of the molecule is CC1(C)CC(NC(=O)CCC(=O)N2C(C)(C)CC(N)CC2(C)C)CC(C)(C)N1. The van der Waals surface area contributed by atoms with Crippen LogP contribution in [-0.4, -0.2) is 51.0 Å². The summed E-state index contributed by atoms with van der Waals surface area (Å²) < 4.78 is 0. The minimum Gasteiger partial charge on any atom is -0.353 e. The number of rotatable bonds is 4. The van der Waals surface area contributed by atoms with Crippen LogP contribution < -0.4 is 16.4 Å². The molecule has 2 aliphatic heterocycles. The van der Waals surface area contributed by atoms with E-state index in [2.05, 4.69) is 66.0 Å². The van der Waals surface area contributed by atoms with Crippen molar-refractivity contribution in [3.8, 4) is 0 Å². The molecule has 0 aromatic rings. The van der Waals surface area contributed by atoms with E-state index in [1.54, 1.807) is 0 Å². The summed E-state index contributed by atoms with van der Waals surface area (Å²) in [5.41, 5.74) is 5.59. The first-order chi connectivity index (χ1) is 12.5. The van der Waals surface area contributed by atoms with Crippen molar-refractivity contribution in [1.82, 2.24) is 15.5 Å². The Kier molecular flexibility index (Phi) is 6.28. The molecule has 162 valence electrons. The maximum atomic E-state index is 13.0. The van der Waals surface area contributed by atoms with Crippen LogP contribution in [0, 0.1) is 0 Å². The Balaban J connectivity index is 1.94. The molecule has 6 heteroatoms. The molecule has 0 saturated carbocycles. The van der Waals surface area contributed by atoms with Crippen LogP contribution in [0.3, 0.4) is 0 Å². The number of nitrogens with zero attached hydrogens (tertiary/aromatic N) is 1. The summed E-state index contributed by atoms with van der Waals surface area (Å²) in [4.78, 5) is 27.6. The second kappa shape index (κ2) is 7.60. The van der Waals surface area contributed by atoms with E-state index in [1.807, 2.05) is 4.90 Å². The van der Waals surface area contributed by atoms with Crippen LogP contribution >= 0.6 is 0 Å². The van der Waals surface area contributed by atoms with E-state index >= 15 is 0 Å². The predicted molar refractivity (Wildman–Crippen MR) is 114 cm³/mol. The predicted octanol–water partition coefficient (Wildman–Crippen LogP) is 2.70. The number of nitrogens with one attached hydrogen (secondary N) is 2. The zero-order valence-corrected chi connectivity index (χ0v) is 19.2. The number of piperidine rings is 2. The van der Waals surface area contributed by atoms with Gasteiger partial charge in [0.05, 0.1) is 0 Å². The monoisotopic (exact) mass is 394 g/mol. The molecule has 2 saturated heterocycles. The Morgan fingerprint density at radius 1 is 0.893 bits per heavy atom. The number of carbonyl (C=O) groups is 2. The van der Waals surface area contributed by atoms with Crippen LogP contribution in [0.1, 0.15) is 93.9 Å². The third kappa shape index (κ3) is 5.69. The van der Waals surface area contributed by atoms with Gasteiger partial charge in [-0.15, -0.1) is 0 Å². The van der Waals surface area contributed by atoms with Crippen molar-refractivity contribution in [3.05, 3.63) is 0 Å². The molecule has 2 aliphatic rings. The van der Waals surface area contributed by atoms with Gasteiger partial charge in [0, 0.05) is 47.1 Å². The fourth-order valence-corrected chi connectivity index (χ4v) is 6.09. The lowest BCUT2D eigenvalue weighted by Gasteiger charge is -2.54. The number of nitrogens with two attached hydrogens (primary N) is 1. The van der Waals surface area contributed by atoms with E-state index in [9.17, 15) is 9.59 Å². The van der Waals surface area contributed by atoms with E-state index in [-0.39, 0.29) is 58.9 Å². The van der Waals surface area contributed by atoms with Crippen LogP contribution in [0.4, 0.5) is 0 Å². The first-order valence-electron chi connectivity index (χ1n) is 10.7. The van der Waals surface area contributed by atoms with Crippen LogP contribution in [0.25, 0.3) is 0 Å². The van der Waals surface area contributed by atoms with Crippen molar-refractivity contribution in [2.24, 2.45) is 5.73 Å². The molecule has 28 heavy (non-hydrogen) atoms. The van der Waals surface area contributed by atoms with Gasteiger partial charge in [0.25, 0.3) is 0 Å². The molecule has 0 spiro atoms. The lowest BCUT2D eigenvalue weighted by molar-refractivity contribution is -0.150. The van der Waals surface area contributed by atoms with Gasteiger partial charge in [-0.2, -0.15) is 0 Å². The smallest absolute Gasteiger partial charge is 0.223 e.